The Morgan fingerprint density at radius 1 is 1.31 bits per heavy atom. The Kier molecular flexibility index (Phi) is 6.62. The van der Waals surface area contributed by atoms with Crippen LogP contribution in [-0.2, 0) is 29.1 Å². The molecule has 0 fully saturated rings. The van der Waals surface area contributed by atoms with Crippen LogP contribution in [0.25, 0.3) is 0 Å². The molecule has 0 radical (unpaired) electrons. The maximum Gasteiger partial charge on any atom is 0.408 e. The standard InChI is InChI=1S/C17H19F3N2O4/c1-2-25-16(24)14(23)9-12-5-3-4-6-15(12)26-10-13-7-8-21-22(13)11-17(18,19)20/h3-8,14,23H,2,9-11H2,1H3/t14-/m0/s1. The molecule has 0 spiro atoms. The molecule has 1 aromatic carbocycles. The van der Waals surface area contributed by atoms with Gasteiger partial charge in [-0.15, -0.1) is 0 Å². The van der Waals surface area contributed by atoms with E-state index in [1.54, 1.807) is 31.2 Å². The van der Waals surface area contributed by atoms with Gasteiger partial charge in [0.2, 0.25) is 0 Å². The zero-order chi connectivity index (χ0) is 19.2. The molecule has 1 atom stereocenters. The molecule has 9 heteroatoms. The Morgan fingerprint density at radius 2 is 2.04 bits per heavy atom. The van der Waals surface area contributed by atoms with E-state index >= 15 is 0 Å². The van der Waals surface area contributed by atoms with E-state index in [-0.39, 0.29) is 25.3 Å². The molecule has 0 amide bonds. The number of alkyl halides is 3. The number of nitrogens with zero attached hydrogens (tertiary/aromatic N) is 2. The highest BCUT2D eigenvalue weighted by Gasteiger charge is 2.29. The molecule has 1 aromatic heterocycles. The first kappa shape index (κ1) is 19.8. The van der Waals surface area contributed by atoms with E-state index in [0.717, 1.165) is 4.68 Å². The molecule has 0 aliphatic rings. The molecule has 2 rings (SSSR count). The highest BCUT2D eigenvalue weighted by molar-refractivity contribution is 5.74. The van der Waals surface area contributed by atoms with Crippen molar-refractivity contribution >= 4 is 5.97 Å². The summed E-state index contributed by atoms with van der Waals surface area (Å²) in [5.41, 5.74) is 0.790. The number of benzene rings is 1. The molecule has 0 saturated heterocycles. The van der Waals surface area contributed by atoms with Crippen LogP contribution in [0.2, 0.25) is 0 Å². The summed E-state index contributed by atoms with van der Waals surface area (Å²) < 4.78 is 48.8. The molecule has 6 nitrogen and oxygen atoms in total. The molecule has 0 aliphatic carbocycles. The number of hydrogen-bond acceptors (Lipinski definition) is 5. The summed E-state index contributed by atoms with van der Waals surface area (Å²) in [5, 5.41) is 13.5. The molecule has 0 bridgehead atoms. The van der Waals surface area contributed by atoms with Gasteiger partial charge in [0, 0.05) is 12.6 Å². The zero-order valence-electron chi connectivity index (χ0n) is 14.1. The van der Waals surface area contributed by atoms with Gasteiger partial charge in [0.25, 0.3) is 0 Å². The van der Waals surface area contributed by atoms with Crippen molar-refractivity contribution in [3.63, 3.8) is 0 Å². The van der Waals surface area contributed by atoms with E-state index in [4.69, 9.17) is 9.47 Å². The number of aliphatic hydroxyl groups excluding tert-OH is 1. The molecule has 142 valence electrons. The third-order valence-electron chi connectivity index (χ3n) is 3.45. The fourth-order valence-corrected chi connectivity index (χ4v) is 2.29. The highest BCUT2D eigenvalue weighted by Crippen LogP contribution is 2.22. The average molecular weight is 372 g/mol. The summed E-state index contributed by atoms with van der Waals surface area (Å²) in [5.74, 6) is -0.388. The molecule has 0 unspecified atom stereocenters. The normalized spacial score (nSPS) is 12.7. The predicted molar refractivity (Wildman–Crippen MR) is 85.4 cm³/mol. The van der Waals surface area contributed by atoms with Crippen molar-refractivity contribution < 1.29 is 32.5 Å². The number of rotatable bonds is 8. The van der Waals surface area contributed by atoms with Crippen LogP contribution in [0.4, 0.5) is 13.2 Å². The van der Waals surface area contributed by atoms with Crippen molar-refractivity contribution in [3.8, 4) is 5.75 Å². The van der Waals surface area contributed by atoms with E-state index in [1.165, 1.54) is 12.3 Å². The summed E-state index contributed by atoms with van der Waals surface area (Å²) >= 11 is 0. The van der Waals surface area contributed by atoms with Crippen molar-refractivity contribution in [2.75, 3.05) is 6.61 Å². The van der Waals surface area contributed by atoms with Crippen LogP contribution in [0, 0.1) is 0 Å². The van der Waals surface area contributed by atoms with Crippen LogP contribution < -0.4 is 4.74 Å². The number of aliphatic hydroxyl groups is 1. The van der Waals surface area contributed by atoms with Gasteiger partial charge in [-0.05, 0) is 24.6 Å². The Labute approximate surface area is 148 Å². The quantitative estimate of drug-likeness (QED) is 0.721. The summed E-state index contributed by atoms with van der Waals surface area (Å²) in [6.07, 6.45) is -4.50. The van der Waals surface area contributed by atoms with Gasteiger partial charge >= 0.3 is 12.1 Å². The minimum absolute atomic E-state index is 0.0309. The molecular weight excluding hydrogens is 353 g/mol. The fourth-order valence-electron chi connectivity index (χ4n) is 2.29. The fraction of sp³-hybridized carbons (Fsp3) is 0.412. The zero-order valence-corrected chi connectivity index (χ0v) is 14.1. The first-order valence-corrected chi connectivity index (χ1v) is 7.93. The van der Waals surface area contributed by atoms with Gasteiger partial charge in [-0.25, -0.2) is 4.79 Å². The lowest BCUT2D eigenvalue weighted by molar-refractivity contribution is -0.152. The van der Waals surface area contributed by atoms with Gasteiger partial charge in [-0.3, -0.25) is 4.68 Å². The number of para-hydroxylation sites is 1. The number of carbonyl (C=O) groups is 1. The van der Waals surface area contributed by atoms with Gasteiger partial charge in [-0.1, -0.05) is 18.2 Å². The minimum atomic E-state index is -4.39. The van der Waals surface area contributed by atoms with Crippen molar-refractivity contribution in [3.05, 3.63) is 47.8 Å². The van der Waals surface area contributed by atoms with Crippen molar-refractivity contribution in [2.24, 2.45) is 0 Å². The third-order valence-corrected chi connectivity index (χ3v) is 3.45. The van der Waals surface area contributed by atoms with E-state index in [9.17, 15) is 23.1 Å². The number of hydrogen-bond donors (Lipinski definition) is 1. The van der Waals surface area contributed by atoms with Crippen LogP contribution in [0.3, 0.4) is 0 Å². The first-order valence-electron chi connectivity index (χ1n) is 7.93. The number of esters is 1. The largest absolute Gasteiger partial charge is 0.487 e. The second-order valence-electron chi connectivity index (χ2n) is 5.46. The summed E-state index contributed by atoms with van der Waals surface area (Å²) in [7, 11) is 0. The number of halogens is 3. The Balaban J connectivity index is 2.05. The minimum Gasteiger partial charge on any atom is -0.487 e. The summed E-state index contributed by atoms with van der Waals surface area (Å²) in [4.78, 5) is 11.5. The topological polar surface area (TPSA) is 73.6 Å². The Morgan fingerprint density at radius 3 is 2.73 bits per heavy atom. The summed E-state index contributed by atoms with van der Waals surface area (Å²) in [6.45, 7) is 0.438. The van der Waals surface area contributed by atoms with Crippen molar-refractivity contribution in [1.29, 1.82) is 0 Å². The molecule has 26 heavy (non-hydrogen) atoms. The molecule has 0 saturated carbocycles. The molecule has 1 N–H and O–H groups in total. The maximum absolute atomic E-state index is 12.5. The van der Waals surface area contributed by atoms with Crippen LogP contribution in [0.5, 0.6) is 5.75 Å². The second kappa shape index (κ2) is 8.70. The van der Waals surface area contributed by atoms with Crippen molar-refractivity contribution in [1.82, 2.24) is 9.78 Å². The lowest BCUT2D eigenvalue weighted by Gasteiger charge is -2.15. The Bertz CT molecular complexity index is 731. The van der Waals surface area contributed by atoms with Gasteiger partial charge < -0.3 is 14.6 Å². The number of aromatic nitrogens is 2. The average Bonchev–Trinajstić information content (AvgIpc) is 2.99. The molecular formula is C17H19F3N2O4. The van der Waals surface area contributed by atoms with E-state index in [2.05, 4.69) is 5.10 Å². The van der Waals surface area contributed by atoms with E-state index in [1.807, 2.05) is 0 Å². The van der Waals surface area contributed by atoms with Gasteiger partial charge in [0.05, 0.1) is 12.3 Å². The van der Waals surface area contributed by atoms with E-state index in [0.29, 0.717) is 11.3 Å². The molecule has 1 heterocycles. The number of ether oxygens (including phenoxy) is 2. The maximum atomic E-state index is 12.5. The predicted octanol–water partition coefficient (Wildman–Crippen LogP) is 2.49. The van der Waals surface area contributed by atoms with Crippen LogP contribution in [0.1, 0.15) is 18.2 Å². The van der Waals surface area contributed by atoms with Crippen LogP contribution in [0.15, 0.2) is 36.5 Å². The smallest absolute Gasteiger partial charge is 0.408 e. The van der Waals surface area contributed by atoms with Crippen molar-refractivity contribution in [2.45, 2.75) is 38.8 Å². The molecule has 2 aromatic rings. The van der Waals surface area contributed by atoms with Crippen LogP contribution in [-0.4, -0.2) is 39.7 Å². The summed E-state index contributed by atoms with van der Waals surface area (Å²) in [6, 6.07) is 8.08. The van der Waals surface area contributed by atoms with Gasteiger partial charge in [0.1, 0.15) is 18.9 Å². The lowest BCUT2D eigenvalue weighted by atomic mass is 10.1. The SMILES string of the molecule is CCOC(=O)[C@@H](O)Cc1ccccc1OCc1ccnn1CC(F)(F)F. The number of carbonyl (C=O) groups excluding carboxylic acids is 1. The third kappa shape index (κ3) is 5.76. The van der Waals surface area contributed by atoms with Gasteiger partial charge in [0.15, 0.2) is 6.10 Å². The first-order chi connectivity index (χ1) is 12.3. The second-order valence-corrected chi connectivity index (χ2v) is 5.46. The van der Waals surface area contributed by atoms with Gasteiger partial charge in [-0.2, -0.15) is 18.3 Å². The Hall–Kier alpha value is -2.55. The lowest BCUT2D eigenvalue weighted by Crippen LogP contribution is -2.25. The molecule has 0 aliphatic heterocycles. The monoisotopic (exact) mass is 372 g/mol. The van der Waals surface area contributed by atoms with Crippen LogP contribution >= 0.6 is 0 Å². The highest BCUT2D eigenvalue weighted by atomic mass is 19.4. The van der Waals surface area contributed by atoms with E-state index < -0.39 is 24.8 Å².